The monoisotopic (exact) mass is 480 g/mol. The summed E-state index contributed by atoms with van der Waals surface area (Å²) in [5.41, 5.74) is 0.299. The van der Waals surface area contributed by atoms with Gasteiger partial charge in [-0.1, -0.05) is 0 Å². The summed E-state index contributed by atoms with van der Waals surface area (Å²) in [5, 5.41) is 5.48. The average molecular weight is 481 g/mol. The normalized spacial score (nSPS) is 11.8. The largest absolute Gasteiger partial charge is 0.497 e. The van der Waals surface area contributed by atoms with Crippen LogP contribution in [0.25, 0.3) is 6.08 Å². The lowest BCUT2D eigenvalue weighted by Crippen LogP contribution is -2.41. The molecule has 1 atom stereocenters. The van der Waals surface area contributed by atoms with E-state index in [0.29, 0.717) is 23.0 Å². The highest BCUT2D eigenvalue weighted by Gasteiger charge is 2.19. The van der Waals surface area contributed by atoms with Crippen LogP contribution in [0.1, 0.15) is 23.0 Å². The van der Waals surface area contributed by atoms with Gasteiger partial charge in [0, 0.05) is 11.6 Å². The zero-order valence-corrected chi connectivity index (χ0v) is 20.0. The number of hydrogen-bond donors (Lipinski definition) is 2. The molecule has 35 heavy (non-hydrogen) atoms. The molecule has 2 N–H and O–H groups in total. The Hall–Kier alpha value is -4.40. The number of carbonyl (C=O) groups excluding carboxylic acids is 2. The third-order valence-corrected chi connectivity index (χ3v) is 4.91. The number of nitrogens with one attached hydrogen (secondary N) is 2. The van der Waals surface area contributed by atoms with E-state index >= 15 is 0 Å². The van der Waals surface area contributed by atoms with Crippen LogP contribution in [0.15, 0.2) is 71.0 Å². The minimum Gasteiger partial charge on any atom is -0.497 e. The summed E-state index contributed by atoms with van der Waals surface area (Å²) in [5.74, 6) is 1.65. The molecule has 0 aliphatic rings. The van der Waals surface area contributed by atoms with E-state index in [-0.39, 0.29) is 23.9 Å². The molecule has 1 heterocycles. The van der Waals surface area contributed by atoms with Crippen LogP contribution in [0.5, 0.6) is 23.0 Å². The molecule has 3 aromatic rings. The third kappa shape index (κ3) is 7.04. The molecule has 0 aliphatic carbocycles. The van der Waals surface area contributed by atoms with E-state index in [4.69, 9.17) is 23.4 Å². The predicted octanol–water partition coefficient (Wildman–Crippen LogP) is 3.66. The Kier molecular flexibility index (Phi) is 8.77. The number of carbonyl (C=O) groups is 2. The summed E-state index contributed by atoms with van der Waals surface area (Å²) in [6.45, 7) is 2.01. The Morgan fingerprint density at radius 1 is 0.943 bits per heavy atom. The van der Waals surface area contributed by atoms with E-state index in [1.807, 2.05) is 0 Å². The average Bonchev–Trinajstić information content (AvgIpc) is 3.40. The molecule has 2 amide bonds. The SMILES string of the molecule is COc1ccc(OCC(C)NC(=O)/C(=C/c2ccco2)NC(=O)c2ccc(OC)c(OC)c2)cc1. The van der Waals surface area contributed by atoms with Gasteiger partial charge in [-0.15, -0.1) is 0 Å². The lowest BCUT2D eigenvalue weighted by Gasteiger charge is -2.17. The minimum absolute atomic E-state index is 0.0102. The topological polar surface area (TPSA) is 108 Å². The standard InChI is InChI=1S/C26H28N2O7/c1-17(16-35-20-10-8-19(31-2)9-11-20)27-26(30)22(15-21-6-5-13-34-21)28-25(29)18-7-12-23(32-3)24(14-18)33-4/h5-15,17H,16H2,1-4H3,(H,27,30)(H,28,29)/b22-15-. The molecule has 1 aromatic heterocycles. The number of furan rings is 1. The molecule has 1 unspecified atom stereocenters. The highest BCUT2D eigenvalue weighted by Crippen LogP contribution is 2.27. The first-order valence-electron chi connectivity index (χ1n) is 10.8. The molecule has 2 aromatic carbocycles. The lowest BCUT2D eigenvalue weighted by atomic mass is 10.1. The zero-order chi connectivity index (χ0) is 25.2. The van der Waals surface area contributed by atoms with Crippen molar-refractivity contribution in [2.24, 2.45) is 0 Å². The Bertz CT molecular complexity index is 1150. The maximum absolute atomic E-state index is 13.0. The molecule has 0 aliphatic heterocycles. The molecular formula is C26H28N2O7. The fourth-order valence-electron chi connectivity index (χ4n) is 3.08. The van der Waals surface area contributed by atoms with Crippen molar-refractivity contribution >= 4 is 17.9 Å². The number of amides is 2. The smallest absolute Gasteiger partial charge is 0.268 e. The first-order valence-corrected chi connectivity index (χ1v) is 10.8. The molecule has 9 heteroatoms. The highest BCUT2D eigenvalue weighted by molar-refractivity contribution is 6.05. The van der Waals surface area contributed by atoms with E-state index in [1.165, 1.54) is 32.6 Å². The second kappa shape index (κ2) is 12.2. The fourth-order valence-corrected chi connectivity index (χ4v) is 3.08. The lowest BCUT2D eigenvalue weighted by molar-refractivity contribution is -0.118. The van der Waals surface area contributed by atoms with Crippen LogP contribution in [0, 0.1) is 0 Å². The van der Waals surface area contributed by atoms with E-state index in [1.54, 1.807) is 62.6 Å². The maximum Gasteiger partial charge on any atom is 0.268 e. The van der Waals surface area contributed by atoms with Gasteiger partial charge in [-0.05, 0) is 61.5 Å². The van der Waals surface area contributed by atoms with Gasteiger partial charge in [-0.3, -0.25) is 9.59 Å². The zero-order valence-electron chi connectivity index (χ0n) is 20.0. The summed E-state index contributed by atoms with van der Waals surface area (Å²) in [4.78, 5) is 25.9. The summed E-state index contributed by atoms with van der Waals surface area (Å²) in [6.07, 6.45) is 2.92. The van der Waals surface area contributed by atoms with Crippen molar-refractivity contribution in [1.29, 1.82) is 0 Å². The third-order valence-electron chi connectivity index (χ3n) is 4.91. The summed E-state index contributed by atoms with van der Waals surface area (Å²) in [7, 11) is 4.57. The molecule has 3 rings (SSSR count). The summed E-state index contributed by atoms with van der Waals surface area (Å²) >= 11 is 0. The van der Waals surface area contributed by atoms with E-state index in [2.05, 4.69) is 10.6 Å². The first-order chi connectivity index (χ1) is 16.9. The number of rotatable bonds is 11. The fraction of sp³-hybridized carbons (Fsp3) is 0.231. The van der Waals surface area contributed by atoms with E-state index in [9.17, 15) is 9.59 Å². The van der Waals surface area contributed by atoms with Gasteiger partial charge in [0.2, 0.25) is 0 Å². The molecule has 0 radical (unpaired) electrons. The van der Waals surface area contributed by atoms with Crippen LogP contribution >= 0.6 is 0 Å². The molecule has 0 saturated carbocycles. The Morgan fingerprint density at radius 3 is 2.29 bits per heavy atom. The van der Waals surface area contributed by atoms with Crippen molar-refractivity contribution in [3.63, 3.8) is 0 Å². The predicted molar refractivity (Wildman–Crippen MR) is 130 cm³/mol. The minimum atomic E-state index is -0.499. The van der Waals surface area contributed by atoms with Crippen LogP contribution in [0.2, 0.25) is 0 Å². The maximum atomic E-state index is 13.0. The van der Waals surface area contributed by atoms with Crippen LogP contribution in [0.4, 0.5) is 0 Å². The van der Waals surface area contributed by atoms with Crippen LogP contribution in [0.3, 0.4) is 0 Å². The van der Waals surface area contributed by atoms with Gasteiger partial charge < -0.3 is 34.0 Å². The number of ether oxygens (including phenoxy) is 4. The van der Waals surface area contributed by atoms with Crippen LogP contribution in [-0.4, -0.2) is 45.8 Å². The first kappa shape index (κ1) is 25.2. The van der Waals surface area contributed by atoms with E-state index in [0.717, 1.165) is 5.75 Å². The van der Waals surface area contributed by atoms with Gasteiger partial charge in [-0.25, -0.2) is 0 Å². The van der Waals surface area contributed by atoms with Crippen molar-refractivity contribution in [3.05, 3.63) is 77.9 Å². The second-order valence-electron chi connectivity index (χ2n) is 7.46. The molecule has 9 nitrogen and oxygen atoms in total. The van der Waals surface area contributed by atoms with Crippen molar-refractivity contribution in [1.82, 2.24) is 10.6 Å². The van der Waals surface area contributed by atoms with Gasteiger partial charge in [0.1, 0.15) is 29.6 Å². The summed E-state index contributed by atoms with van der Waals surface area (Å²) in [6, 6.07) is 14.8. The van der Waals surface area contributed by atoms with Gasteiger partial charge >= 0.3 is 0 Å². The number of methoxy groups -OCH3 is 3. The van der Waals surface area contributed by atoms with Crippen molar-refractivity contribution < 1.29 is 33.0 Å². The molecule has 0 fully saturated rings. The Balaban J connectivity index is 1.69. The van der Waals surface area contributed by atoms with Gasteiger partial charge in [-0.2, -0.15) is 0 Å². The van der Waals surface area contributed by atoms with Crippen molar-refractivity contribution in [2.45, 2.75) is 13.0 Å². The van der Waals surface area contributed by atoms with Gasteiger partial charge in [0.15, 0.2) is 11.5 Å². The quantitative estimate of drug-likeness (QED) is 0.403. The molecule has 0 spiro atoms. The molecule has 0 bridgehead atoms. The molecular weight excluding hydrogens is 452 g/mol. The highest BCUT2D eigenvalue weighted by atomic mass is 16.5. The molecule has 184 valence electrons. The van der Waals surface area contributed by atoms with Crippen molar-refractivity contribution in [3.8, 4) is 23.0 Å². The molecule has 0 saturated heterocycles. The van der Waals surface area contributed by atoms with Gasteiger partial charge in [0.05, 0.1) is 33.6 Å². The van der Waals surface area contributed by atoms with Crippen LogP contribution < -0.4 is 29.6 Å². The number of benzene rings is 2. The number of hydrogen-bond acceptors (Lipinski definition) is 7. The summed E-state index contributed by atoms with van der Waals surface area (Å²) < 4.78 is 26.6. The van der Waals surface area contributed by atoms with E-state index < -0.39 is 11.8 Å². The van der Waals surface area contributed by atoms with Crippen LogP contribution in [-0.2, 0) is 4.79 Å². The van der Waals surface area contributed by atoms with Crippen molar-refractivity contribution in [2.75, 3.05) is 27.9 Å². The Morgan fingerprint density at radius 2 is 1.66 bits per heavy atom. The Labute approximate surface area is 203 Å². The second-order valence-corrected chi connectivity index (χ2v) is 7.46. The van der Waals surface area contributed by atoms with Gasteiger partial charge in [0.25, 0.3) is 11.8 Å².